The second-order valence-corrected chi connectivity index (χ2v) is 4.51. The molecule has 0 aliphatic rings. The molecule has 0 aliphatic carbocycles. The van der Waals surface area contributed by atoms with Crippen LogP contribution in [-0.4, -0.2) is 31.2 Å². The zero-order valence-electron chi connectivity index (χ0n) is 10.5. The van der Waals surface area contributed by atoms with Crippen molar-refractivity contribution in [2.24, 2.45) is 5.92 Å². The molecule has 1 amide bonds. The number of carbonyl (C=O) groups is 1. The average molecular weight is 254 g/mol. The van der Waals surface area contributed by atoms with E-state index in [2.05, 4.69) is 10.6 Å². The van der Waals surface area contributed by atoms with Crippen molar-refractivity contribution in [1.29, 1.82) is 0 Å². The number of hydrogen-bond acceptors (Lipinski definition) is 2. The van der Waals surface area contributed by atoms with Gasteiger partial charge in [-0.2, -0.15) is 13.2 Å². The van der Waals surface area contributed by atoms with Crippen LogP contribution < -0.4 is 10.6 Å². The molecule has 17 heavy (non-hydrogen) atoms. The lowest BCUT2D eigenvalue weighted by molar-refractivity contribution is -0.135. The number of nitrogens with one attached hydrogen (secondary N) is 2. The first-order valence-corrected chi connectivity index (χ1v) is 5.80. The standard InChI is InChI=1S/C11H21F3N2O/c1-8(2)4-6-16-10(17)9(3)15-7-5-11(12,13)14/h8-9,15H,4-7H2,1-3H3,(H,16,17). The van der Waals surface area contributed by atoms with E-state index < -0.39 is 18.6 Å². The van der Waals surface area contributed by atoms with Gasteiger partial charge in [-0.3, -0.25) is 4.79 Å². The van der Waals surface area contributed by atoms with E-state index in [0.717, 1.165) is 6.42 Å². The van der Waals surface area contributed by atoms with Gasteiger partial charge in [-0.15, -0.1) is 0 Å². The van der Waals surface area contributed by atoms with Crippen LogP contribution in [-0.2, 0) is 4.79 Å². The van der Waals surface area contributed by atoms with E-state index in [0.29, 0.717) is 12.5 Å². The van der Waals surface area contributed by atoms with E-state index >= 15 is 0 Å². The number of halogens is 3. The van der Waals surface area contributed by atoms with Gasteiger partial charge in [-0.05, 0) is 19.3 Å². The molecule has 0 rings (SSSR count). The van der Waals surface area contributed by atoms with Gasteiger partial charge in [0.1, 0.15) is 0 Å². The van der Waals surface area contributed by atoms with Crippen molar-refractivity contribution >= 4 is 5.91 Å². The van der Waals surface area contributed by atoms with Crippen LogP contribution in [0, 0.1) is 5.92 Å². The van der Waals surface area contributed by atoms with E-state index in [9.17, 15) is 18.0 Å². The van der Waals surface area contributed by atoms with Crippen LogP contribution in [0.1, 0.15) is 33.6 Å². The van der Waals surface area contributed by atoms with E-state index in [-0.39, 0.29) is 12.5 Å². The maximum absolute atomic E-state index is 11.9. The van der Waals surface area contributed by atoms with E-state index in [4.69, 9.17) is 0 Å². The van der Waals surface area contributed by atoms with Crippen LogP contribution in [0.2, 0.25) is 0 Å². The number of alkyl halides is 3. The predicted molar refractivity (Wildman–Crippen MR) is 60.6 cm³/mol. The van der Waals surface area contributed by atoms with Crippen LogP contribution in [0.25, 0.3) is 0 Å². The molecule has 1 atom stereocenters. The van der Waals surface area contributed by atoms with Crippen molar-refractivity contribution in [3.63, 3.8) is 0 Å². The van der Waals surface area contributed by atoms with Crippen LogP contribution in [0.4, 0.5) is 13.2 Å². The highest BCUT2D eigenvalue weighted by Crippen LogP contribution is 2.18. The number of carbonyl (C=O) groups excluding carboxylic acids is 1. The summed E-state index contributed by atoms with van der Waals surface area (Å²) < 4.78 is 35.6. The number of amides is 1. The number of rotatable bonds is 7. The second kappa shape index (κ2) is 7.53. The molecule has 0 saturated heterocycles. The fourth-order valence-corrected chi connectivity index (χ4v) is 1.16. The van der Waals surface area contributed by atoms with Crippen molar-refractivity contribution in [1.82, 2.24) is 10.6 Å². The van der Waals surface area contributed by atoms with Crippen molar-refractivity contribution in [3.8, 4) is 0 Å². The summed E-state index contributed by atoms with van der Waals surface area (Å²) in [5.74, 6) is 0.233. The van der Waals surface area contributed by atoms with Crippen molar-refractivity contribution in [3.05, 3.63) is 0 Å². The molecule has 0 heterocycles. The third-order valence-corrected chi connectivity index (χ3v) is 2.27. The molecular weight excluding hydrogens is 233 g/mol. The van der Waals surface area contributed by atoms with Crippen LogP contribution in [0.5, 0.6) is 0 Å². The van der Waals surface area contributed by atoms with Gasteiger partial charge in [0.25, 0.3) is 0 Å². The van der Waals surface area contributed by atoms with E-state index in [1.165, 1.54) is 0 Å². The Morgan fingerprint density at radius 2 is 1.76 bits per heavy atom. The van der Waals surface area contributed by atoms with Gasteiger partial charge < -0.3 is 10.6 Å². The third-order valence-electron chi connectivity index (χ3n) is 2.27. The Morgan fingerprint density at radius 3 is 2.24 bits per heavy atom. The highest BCUT2D eigenvalue weighted by atomic mass is 19.4. The Hall–Kier alpha value is -0.780. The SMILES string of the molecule is CC(C)CCNC(=O)C(C)NCCC(F)(F)F. The first-order chi connectivity index (χ1) is 7.72. The largest absolute Gasteiger partial charge is 0.390 e. The predicted octanol–water partition coefficient (Wildman–Crippen LogP) is 2.08. The maximum Gasteiger partial charge on any atom is 0.390 e. The minimum Gasteiger partial charge on any atom is -0.355 e. The summed E-state index contributed by atoms with van der Waals surface area (Å²) in [6, 6.07) is -0.593. The quantitative estimate of drug-likeness (QED) is 0.730. The summed E-state index contributed by atoms with van der Waals surface area (Å²) in [6.07, 6.45) is -4.24. The molecule has 0 fully saturated rings. The van der Waals surface area contributed by atoms with Crippen LogP contribution in [0.15, 0.2) is 0 Å². The maximum atomic E-state index is 11.9. The smallest absolute Gasteiger partial charge is 0.355 e. The van der Waals surface area contributed by atoms with Gasteiger partial charge in [0.2, 0.25) is 5.91 Å². The molecule has 2 N–H and O–H groups in total. The van der Waals surface area contributed by atoms with Crippen LogP contribution >= 0.6 is 0 Å². The second-order valence-electron chi connectivity index (χ2n) is 4.51. The van der Waals surface area contributed by atoms with Crippen molar-refractivity contribution < 1.29 is 18.0 Å². The van der Waals surface area contributed by atoms with Gasteiger partial charge in [-0.25, -0.2) is 0 Å². The molecule has 6 heteroatoms. The fourth-order valence-electron chi connectivity index (χ4n) is 1.16. The third kappa shape index (κ3) is 10.1. The molecule has 0 spiro atoms. The van der Waals surface area contributed by atoms with E-state index in [1.807, 2.05) is 13.8 Å². The normalized spacial score (nSPS) is 13.8. The molecule has 0 radical (unpaired) electrons. The molecule has 102 valence electrons. The molecular formula is C11H21F3N2O. The van der Waals surface area contributed by atoms with E-state index in [1.54, 1.807) is 6.92 Å². The summed E-state index contributed by atoms with van der Waals surface area (Å²) in [4.78, 5) is 11.4. The van der Waals surface area contributed by atoms with Gasteiger partial charge in [-0.1, -0.05) is 13.8 Å². The summed E-state index contributed by atoms with van der Waals surface area (Å²) in [5.41, 5.74) is 0. The summed E-state index contributed by atoms with van der Waals surface area (Å²) >= 11 is 0. The minimum atomic E-state index is -4.18. The first kappa shape index (κ1) is 16.2. The Morgan fingerprint density at radius 1 is 1.18 bits per heavy atom. The number of hydrogen-bond donors (Lipinski definition) is 2. The van der Waals surface area contributed by atoms with Gasteiger partial charge in [0.05, 0.1) is 12.5 Å². The highest BCUT2D eigenvalue weighted by molar-refractivity contribution is 5.81. The topological polar surface area (TPSA) is 41.1 Å². The Bertz CT molecular complexity index is 229. The fraction of sp³-hybridized carbons (Fsp3) is 0.909. The zero-order chi connectivity index (χ0) is 13.5. The van der Waals surface area contributed by atoms with Gasteiger partial charge in [0, 0.05) is 13.1 Å². The summed E-state index contributed by atoms with van der Waals surface area (Å²) in [5, 5.41) is 5.22. The summed E-state index contributed by atoms with van der Waals surface area (Å²) in [6.45, 7) is 5.96. The lowest BCUT2D eigenvalue weighted by atomic mass is 10.1. The molecule has 3 nitrogen and oxygen atoms in total. The Kier molecular flexibility index (Phi) is 7.18. The van der Waals surface area contributed by atoms with Crippen molar-refractivity contribution in [2.45, 2.75) is 45.8 Å². The summed E-state index contributed by atoms with van der Waals surface area (Å²) in [7, 11) is 0. The minimum absolute atomic E-state index is 0.234. The first-order valence-electron chi connectivity index (χ1n) is 5.80. The molecule has 0 aromatic heterocycles. The van der Waals surface area contributed by atoms with Gasteiger partial charge in [0.15, 0.2) is 0 Å². The lowest BCUT2D eigenvalue weighted by Gasteiger charge is -2.15. The molecule has 0 bridgehead atoms. The monoisotopic (exact) mass is 254 g/mol. The molecule has 0 aromatic carbocycles. The Labute approximate surface area is 100 Å². The highest BCUT2D eigenvalue weighted by Gasteiger charge is 2.26. The van der Waals surface area contributed by atoms with Gasteiger partial charge >= 0.3 is 6.18 Å². The average Bonchev–Trinajstić information content (AvgIpc) is 2.14. The molecule has 0 aromatic rings. The lowest BCUT2D eigenvalue weighted by Crippen LogP contribution is -2.43. The molecule has 0 saturated carbocycles. The zero-order valence-corrected chi connectivity index (χ0v) is 10.5. The van der Waals surface area contributed by atoms with Crippen molar-refractivity contribution in [2.75, 3.05) is 13.1 Å². The Balaban J connectivity index is 3.68. The molecule has 0 aliphatic heterocycles. The molecule has 1 unspecified atom stereocenters. The van der Waals surface area contributed by atoms with Crippen LogP contribution in [0.3, 0.4) is 0 Å².